The smallest absolute Gasteiger partial charge is 0.251 e. The fraction of sp³-hybridized carbons (Fsp3) is 0.308. The number of carbonyl (C=O) groups excluding carboxylic acids is 2. The number of carbonyl (C=O) groups is 2. The van der Waals surface area contributed by atoms with E-state index in [0.29, 0.717) is 5.13 Å². The molecule has 2 amide bonds. The van der Waals surface area contributed by atoms with E-state index in [9.17, 15) is 9.59 Å². The number of aromatic nitrogens is 1. The molecule has 1 unspecified atom stereocenters. The van der Waals surface area contributed by atoms with Crippen molar-refractivity contribution in [3.8, 4) is 0 Å². The molecule has 1 fully saturated rings. The minimum absolute atomic E-state index is 0.153. The third-order valence-corrected chi connectivity index (χ3v) is 4.25. The Balaban J connectivity index is 1.88. The average molecular weight is 275 g/mol. The van der Waals surface area contributed by atoms with E-state index >= 15 is 0 Å². The second-order valence-corrected chi connectivity index (χ2v) is 5.66. The van der Waals surface area contributed by atoms with Gasteiger partial charge in [0.05, 0.1) is 16.6 Å². The molecule has 1 aromatic heterocycles. The Labute approximate surface area is 114 Å². The van der Waals surface area contributed by atoms with Crippen LogP contribution < -0.4 is 5.32 Å². The monoisotopic (exact) mass is 275 g/mol. The van der Waals surface area contributed by atoms with Crippen LogP contribution >= 0.6 is 11.3 Å². The largest absolute Gasteiger partial charge is 0.349 e. The number of fused-ring (bicyclic) bond motifs is 1. The Kier molecular flexibility index (Phi) is 2.74. The SMILES string of the molecule is Cc1cccc2sc(NC3CC(=O)N(C)C3=O)nc12. The van der Waals surface area contributed by atoms with Crippen molar-refractivity contribution in [1.29, 1.82) is 0 Å². The van der Waals surface area contributed by atoms with Gasteiger partial charge < -0.3 is 5.32 Å². The van der Waals surface area contributed by atoms with Crippen molar-refractivity contribution in [2.75, 3.05) is 12.4 Å². The van der Waals surface area contributed by atoms with E-state index in [1.807, 2.05) is 25.1 Å². The zero-order valence-electron chi connectivity index (χ0n) is 10.6. The number of amides is 2. The summed E-state index contributed by atoms with van der Waals surface area (Å²) in [5.41, 5.74) is 2.05. The summed E-state index contributed by atoms with van der Waals surface area (Å²) in [7, 11) is 1.51. The highest BCUT2D eigenvalue weighted by Gasteiger charge is 2.36. The topological polar surface area (TPSA) is 62.3 Å². The van der Waals surface area contributed by atoms with Gasteiger partial charge in [-0.05, 0) is 18.6 Å². The van der Waals surface area contributed by atoms with Gasteiger partial charge in [0.15, 0.2) is 5.13 Å². The molecule has 1 aliphatic rings. The molecule has 5 nitrogen and oxygen atoms in total. The summed E-state index contributed by atoms with van der Waals surface area (Å²) < 4.78 is 1.08. The first-order valence-corrected chi connectivity index (χ1v) is 6.81. The Bertz CT molecular complexity index is 680. The Morgan fingerprint density at radius 3 is 2.84 bits per heavy atom. The lowest BCUT2D eigenvalue weighted by atomic mass is 10.2. The van der Waals surface area contributed by atoms with Crippen molar-refractivity contribution in [2.24, 2.45) is 0 Å². The maximum Gasteiger partial charge on any atom is 0.251 e. The second-order valence-electron chi connectivity index (χ2n) is 4.63. The zero-order valence-corrected chi connectivity index (χ0v) is 11.5. The van der Waals surface area contributed by atoms with Gasteiger partial charge in [-0.25, -0.2) is 4.98 Å². The number of aryl methyl sites for hydroxylation is 1. The standard InChI is InChI=1S/C13H13N3O2S/c1-7-4-3-5-9-11(7)15-13(19-9)14-8-6-10(17)16(2)12(8)18/h3-5,8H,6H2,1-2H3,(H,14,15). The first kappa shape index (κ1) is 12.1. The number of likely N-dealkylation sites (tertiary alicyclic amines) is 1. The average Bonchev–Trinajstić information content (AvgIpc) is 2.89. The number of anilines is 1. The lowest BCUT2D eigenvalue weighted by molar-refractivity contribution is -0.136. The number of para-hydroxylation sites is 1. The molecule has 0 spiro atoms. The first-order valence-electron chi connectivity index (χ1n) is 5.99. The van der Waals surface area contributed by atoms with Gasteiger partial charge in [-0.1, -0.05) is 23.5 Å². The summed E-state index contributed by atoms with van der Waals surface area (Å²) in [6.07, 6.45) is 0.199. The minimum atomic E-state index is -0.488. The van der Waals surface area contributed by atoms with Gasteiger partial charge in [0, 0.05) is 7.05 Å². The molecule has 2 aromatic rings. The second kappa shape index (κ2) is 4.31. The molecular weight excluding hydrogens is 262 g/mol. The number of rotatable bonds is 2. The van der Waals surface area contributed by atoms with E-state index in [2.05, 4.69) is 10.3 Å². The molecule has 1 aromatic carbocycles. The van der Waals surface area contributed by atoms with Crippen LogP contribution in [-0.2, 0) is 9.59 Å². The molecule has 0 radical (unpaired) electrons. The van der Waals surface area contributed by atoms with Gasteiger partial charge in [0.1, 0.15) is 6.04 Å². The summed E-state index contributed by atoms with van der Waals surface area (Å²) >= 11 is 1.50. The lowest BCUT2D eigenvalue weighted by Crippen LogP contribution is -2.31. The van der Waals surface area contributed by atoms with Crippen LogP contribution in [0.3, 0.4) is 0 Å². The van der Waals surface area contributed by atoms with Crippen LogP contribution in [0.5, 0.6) is 0 Å². The summed E-state index contributed by atoms with van der Waals surface area (Å²) in [4.78, 5) is 28.9. The third kappa shape index (κ3) is 1.98. The van der Waals surface area contributed by atoms with Gasteiger partial charge in [-0.15, -0.1) is 0 Å². The molecule has 98 valence electrons. The van der Waals surface area contributed by atoms with Gasteiger partial charge in [0.2, 0.25) is 5.91 Å². The highest BCUT2D eigenvalue weighted by atomic mass is 32.1. The van der Waals surface area contributed by atoms with Crippen LogP contribution in [0.15, 0.2) is 18.2 Å². The Morgan fingerprint density at radius 1 is 1.42 bits per heavy atom. The van der Waals surface area contributed by atoms with Crippen LogP contribution in [-0.4, -0.2) is 34.8 Å². The highest BCUT2D eigenvalue weighted by Crippen LogP contribution is 2.29. The van der Waals surface area contributed by atoms with Crippen molar-refractivity contribution >= 4 is 38.5 Å². The van der Waals surface area contributed by atoms with E-state index in [1.165, 1.54) is 18.4 Å². The number of likely N-dealkylation sites (N-methyl/N-ethyl adjacent to an activating group) is 1. The molecule has 19 heavy (non-hydrogen) atoms. The van der Waals surface area contributed by atoms with E-state index in [1.54, 1.807) is 0 Å². The molecule has 2 heterocycles. The molecule has 0 bridgehead atoms. The number of benzene rings is 1. The molecule has 1 aliphatic heterocycles. The van der Waals surface area contributed by atoms with Crippen LogP contribution in [0.1, 0.15) is 12.0 Å². The zero-order chi connectivity index (χ0) is 13.6. The maximum atomic E-state index is 11.8. The maximum absolute atomic E-state index is 11.8. The van der Waals surface area contributed by atoms with E-state index in [4.69, 9.17) is 0 Å². The summed E-state index contributed by atoms with van der Waals surface area (Å²) in [5, 5.41) is 3.75. The number of imide groups is 1. The Hall–Kier alpha value is -1.95. The molecule has 0 saturated carbocycles. The summed E-state index contributed by atoms with van der Waals surface area (Å²) in [6.45, 7) is 2.00. The minimum Gasteiger partial charge on any atom is -0.349 e. The number of thiazole rings is 1. The molecule has 1 saturated heterocycles. The normalized spacial score (nSPS) is 19.5. The number of nitrogens with zero attached hydrogens (tertiary/aromatic N) is 2. The summed E-state index contributed by atoms with van der Waals surface area (Å²) in [6, 6.07) is 5.50. The molecule has 0 aliphatic carbocycles. The van der Waals surface area contributed by atoms with E-state index in [-0.39, 0.29) is 18.2 Å². The highest BCUT2D eigenvalue weighted by molar-refractivity contribution is 7.22. The molecule has 6 heteroatoms. The predicted molar refractivity (Wildman–Crippen MR) is 74.2 cm³/mol. The van der Waals surface area contributed by atoms with E-state index < -0.39 is 6.04 Å². The van der Waals surface area contributed by atoms with Crippen molar-refractivity contribution < 1.29 is 9.59 Å². The van der Waals surface area contributed by atoms with Crippen LogP contribution in [0.25, 0.3) is 10.2 Å². The van der Waals surface area contributed by atoms with Gasteiger partial charge >= 0.3 is 0 Å². The van der Waals surface area contributed by atoms with Gasteiger partial charge in [-0.3, -0.25) is 14.5 Å². The van der Waals surface area contributed by atoms with Crippen molar-refractivity contribution in [1.82, 2.24) is 9.88 Å². The van der Waals surface area contributed by atoms with Crippen LogP contribution in [0.4, 0.5) is 5.13 Å². The number of hydrogen-bond donors (Lipinski definition) is 1. The fourth-order valence-corrected chi connectivity index (χ4v) is 3.16. The molecule has 3 rings (SSSR count). The molecular formula is C13H13N3O2S. The van der Waals surface area contributed by atoms with Gasteiger partial charge in [0.25, 0.3) is 5.91 Å². The van der Waals surface area contributed by atoms with Crippen LogP contribution in [0, 0.1) is 6.92 Å². The number of nitrogens with one attached hydrogen (secondary N) is 1. The molecule has 1 N–H and O–H groups in total. The van der Waals surface area contributed by atoms with Crippen molar-refractivity contribution in [3.63, 3.8) is 0 Å². The van der Waals surface area contributed by atoms with Gasteiger partial charge in [-0.2, -0.15) is 0 Å². The van der Waals surface area contributed by atoms with E-state index in [0.717, 1.165) is 20.7 Å². The fourth-order valence-electron chi connectivity index (χ4n) is 2.17. The quantitative estimate of drug-likeness (QED) is 0.849. The first-order chi connectivity index (χ1) is 9.06. The molecule has 1 atom stereocenters. The third-order valence-electron chi connectivity index (χ3n) is 3.30. The Morgan fingerprint density at radius 2 is 2.21 bits per heavy atom. The van der Waals surface area contributed by atoms with Crippen molar-refractivity contribution in [2.45, 2.75) is 19.4 Å². The van der Waals surface area contributed by atoms with Crippen molar-refractivity contribution in [3.05, 3.63) is 23.8 Å². The summed E-state index contributed by atoms with van der Waals surface area (Å²) in [5.74, 6) is -0.347. The number of hydrogen-bond acceptors (Lipinski definition) is 5. The van der Waals surface area contributed by atoms with Crippen LogP contribution in [0.2, 0.25) is 0 Å². The predicted octanol–water partition coefficient (Wildman–Crippen LogP) is 1.77. The lowest BCUT2D eigenvalue weighted by Gasteiger charge is -2.09.